The maximum absolute atomic E-state index is 2.24. The minimum absolute atomic E-state index is 0. The zero-order chi connectivity index (χ0) is 88.7. The highest BCUT2D eigenvalue weighted by molar-refractivity contribution is 5.82. The van der Waals surface area contributed by atoms with Gasteiger partial charge in [0.1, 0.15) is 0 Å². The van der Waals surface area contributed by atoms with Gasteiger partial charge in [-0.2, -0.15) is 0 Å². The molecular weight excluding hydrogens is 1350 g/mol. The summed E-state index contributed by atoms with van der Waals surface area (Å²) in [6, 6.07) is 77.7. The largest absolute Gasteiger partial charge is 0.0808 e. The maximum Gasteiger partial charge on any atom is -0.00258 e. The van der Waals surface area contributed by atoms with Crippen LogP contribution in [0.3, 0.4) is 0 Å². The fourth-order valence-corrected chi connectivity index (χ4v) is 8.59. The van der Waals surface area contributed by atoms with Crippen molar-refractivity contribution in [2.75, 3.05) is 0 Å². The van der Waals surface area contributed by atoms with Gasteiger partial charge in [-0.1, -0.05) is 613 Å². The van der Waals surface area contributed by atoms with Crippen molar-refractivity contribution in [2.45, 2.75) is 393 Å². The smallest absolute Gasteiger partial charge is 0.00258 e. The van der Waals surface area contributed by atoms with E-state index < -0.39 is 0 Å². The number of rotatable bonds is 4. The molecule has 2 fully saturated rings. The lowest BCUT2D eigenvalue weighted by atomic mass is 10.1. The summed E-state index contributed by atoms with van der Waals surface area (Å²) in [6.45, 7) is 78.4. The fourth-order valence-electron chi connectivity index (χ4n) is 8.59. The van der Waals surface area contributed by atoms with Crippen LogP contribution in [0, 0.1) is 6.92 Å². The van der Waals surface area contributed by atoms with E-state index in [1.165, 1.54) is 122 Å². The van der Waals surface area contributed by atoms with Gasteiger partial charge in [-0.3, -0.25) is 0 Å². The Morgan fingerprint density at radius 3 is 0.518 bits per heavy atom. The van der Waals surface area contributed by atoms with Crippen LogP contribution in [-0.4, -0.2) is 0 Å². The molecule has 0 atom stereocenters. The molecule has 8 aromatic rings. The van der Waals surface area contributed by atoms with Crippen molar-refractivity contribution in [3.8, 4) is 0 Å². The molecule has 0 amide bonds. The van der Waals surface area contributed by atoms with Crippen LogP contribution in [0.25, 0.3) is 10.8 Å². The van der Waals surface area contributed by atoms with Gasteiger partial charge in [-0.05, 0) is 102 Å². The molecule has 0 unspecified atom stereocenters. The molecule has 0 spiro atoms. The second-order valence-corrected chi connectivity index (χ2v) is 19.2. The molecule has 2 saturated carbocycles. The molecule has 0 aliphatic heterocycles. The van der Waals surface area contributed by atoms with Crippen LogP contribution in [0.2, 0.25) is 0 Å². The first-order chi connectivity index (χ1) is 55.1. The van der Waals surface area contributed by atoms with E-state index in [9.17, 15) is 0 Å². The summed E-state index contributed by atoms with van der Waals surface area (Å²) in [5.74, 6) is 0. The van der Waals surface area contributed by atoms with E-state index in [-0.39, 0.29) is 7.43 Å². The van der Waals surface area contributed by atoms with Crippen molar-refractivity contribution in [1.29, 1.82) is 0 Å². The lowest BCUT2D eigenvalue weighted by Gasteiger charge is -2.00. The highest BCUT2D eigenvalue weighted by Crippen LogP contribution is 2.20. The molecule has 0 heteroatoms. The number of allylic oxidation sites excluding steroid dienone is 8. The standard InChI is InChI=1S/C13H12.C10H8.C9H10.2C8H10.C7H8.2C5H10.2C5H6.18C2H6.CH4/c1-3-7-12(8-4-1)11-13-9-5-2-6-10-13;1-2-6-10-8-4-3-7-9(10)5-1;1-2-5-9-7-3-6-8(9)4-1;2*1-2-8-6-4-3-5-7-8;1-7-5-3-2-4-6-7;4*1-2-4-5-3-1;18*1-2;/h1-10H,11H2;1-8H;1-2,4-5H,3,6-7H2;2*3-7H,2H2,1H3;2-6H,1H3;2*1-5H2;2*1-4H,5H2;18*1-2H3;1H4. The van der Waals surface area contributed by atoms with E-state index in [4.69, 9.17) is 0 Å². The maximum atomic E-state index is 2.24. The van der Waals surface area contributed by atoms with Crippen LogP contribution in [0.4, 0.5) is 0 Å². The summed E-state index contributed by atoms with van der Waals surface area (Å²) >= 11 is 0. The van der Waals surface area contributed by atoms with Gasteiger partial charge in [0.15, 0.2) is 0 Å². The zero-order valence-electron chi connectivity index (χ0n) is 82.2. The summed E-state index contributed by atoms with van der Waals surface area (Å²) in [5, 5.41) is 2.62. The molecule has 112 heavy (non-hydrogen) atoms. The van der Waals surface area contributed by atoms with E-state index in [0.717, 1.165) is 32.1 Å². The number of aryl methyl sites for hydroxylation is 5. The van der Waals surface area contributed by atoms with Gasteiger partial charge in [-0.25, -0.2) is 0 Å². The predicted octanol–water partition coefficient (Wildman–Crippen LogP) is 40.8. The Morgan fingerprint density at radius 2 is 0.366 bits per heavy atom. The quantitative estimate of drug-likeness (QED) is 0.165. The van der Waals surface area contributed by atoms with E-state index >= 15 is 0 Å². The molecule has 8 aromatic carbocycles. The Labute approximate surface area is 711 Å². The third-order valence-electron chi connectivity index (χ3n) is 13.0. The van der Waals surface area contributed by atoms with Crippen LogP contribution < -0.4 is 0 Å². The van der Waals surface area contributed by atoms with Crippen molar-refractivity contribution >= 4 is 10.8 Å². The molecule has 5 aliphatic rings. The van der Waals surface area contributed by atoms with Crippen LogP contribution >= 0.6 is 0 Å². The van der Waals surface area contributed by atoms with E-state index in [0.29, 0.717) is 0 Å². The third-order valence-corrected chi connectivity index (χ3v) is 13.0. The molecule has 0 N–H and O–H groups in total. The van der Waals surface area contributed by atoms with Crippen LogP contribution in [-0.2, 0) is 32.1 Å². The molecule has 0 aromatic heterocycles. The molecule has 0 heterocycles. The van der Waals surface area contributed by atoms with Crippen LogP contribution in [0.5, 0.6) is 0 Å². The number of fused-ring (bicyclic) bond motifs is 2. The van der Waals surface area contributed by atoms with Crippen molar-refractivity contribution in [3.05, 3.63) is 312 Å². The zero-order valence-corrected chi connectivity index (χ0v) is 82.2. The summed E-state index contributed by atoms with van der Waals surface area (Å²) in [5.41, 5.74) is 10.0. The van der Waals surface area contributed by atoms with Crippen molar-refractivity contribution in [3.63, 3.8) is 0 Å². The summed E-state index contributed by atoms with van der Waals surface area (Å²) in [4.78, 5) is 0. The fraction of sp³-hybridized carbons (Fsp3) is 0.518. The Bertz CT molecular complexity index is 2410. The predicted molar refractivity (Wildman–Crippen MR) is 544 cm³/mol. The SMILES string of the molecule is C.C1=CCC=C1.C1=CCC=C1.C1CCCC1.C1CCCC1.CC.CC.CC.CC.CC.CC.CC.CC.CC.CC.CC.CC.CC.CC.CC.CC.CC.CC.CCc1ccccc1.CCc1ccccc1.Cc1ccccc1.c1ccc(Cc2ccccc2)cc1.c1ccc2c(c1)CCC2.c1ccc2ccccc2c1. The Balaban J connectivity index is -0.0000000629. The van der Waals surface area contributed by atoms with E-state index in [2.05, 4.69) is 264 Å². The number of hydrogen-bond acceptors (Lipinski definition) is 0. The third kappa shape index (κ3) is 116. The van der Waals surface area contributed by atoms with Gasteiger partial charge in [0.05, 0.1) is 0 Å². The van der Waals surface area contributed by atoms with Gasteiger partial charge >= 0.3 is 0 Å². The molecule has 5 aliphatic carbocycles. The average molecular weight is 1550 g/mol. The molecule has 0 bridgehead atoms. The molecular formula is C112H202. The van der Waals surface area contributed by atoms with Gasteiger partial charge in [-0.15, -0.1) is 0 Å². The van der Waals surface area contributed by atoms with Crippen LogP contribution in [0.1, 0.15) is 393 Å². The topological polar surface area (TPSA) is 0 Å². The van der Waals surface area contributed by atoms with Gasteiger partial charge in [0.25, 0.3) is 0 Å². The Hall–Kier alpha value is -7.02. The first-order valence-electron chi connectivity index (χ1n) is 46.5. The molecule has 0 saturated heterocycles. The van der Waals surface area contributed by atoms with Crippen molar-refractivity contribution in [2.24, 2.45) is 0 Å². The highest BCUT2D eigenvalue weighted by Gasteiger charge is 2.07. The molecule has 13 rings (SSSR count). The lowest BCUT2D eigenvalue weighted by Crippen LogP contribution is -1.85. The normalized spacial score (nSPS) is 9.81. The molecule has 0 nitrogen and oxygen atoms in total. The van der Waals surface area contributed by atoms with Crippen molar-refractivity contribution in [1.82, 2.24) is 0 Å². The highest BCUT2D eigenvalue weighted by atomic mass is 14.1. The Kier molecular flexibility index (Phi) is 205. The second-order valence-electron chi connectivity index (χ2n) is 19.2. The Morgan fingerprint density at radius 1 is 0.196 bits per heavy atom. The first-order valence-corrected chi connectivity index (χ1v) is 46.5. The minimum Gasteiger partial charge on any atom is -0.0808 e. The van der Waals surface area contributed by atoms with E-state index in [1.54, 1.807) is 11.1 Å². The van der Waals surface area contributed by atoms with Gasteiger partial charge in [0, 0.05) is 0 Å². The lowest BCUT2D eigenvalue weighted by molar-refractivity contribution is 0.886. The average Bonchev–Trinajstić information content (AvgIpc) is 1.41. The minimum atomic E-state index is 0. The number of benzene rings is 8. The van der Waals surface area contributed by atoms with Crippen LogP contribution in [0.15, 0.2) is 273 Å². The molecule has 650 valence electrons. The molecule has 0 radical (unpaired) electrons. The first kappa shape index (κ1) is 143. The summed E-state index contributed by atoms with van der Waals surface area (Å²) < 4.78 is 0. The van der Waals surface area contributed by atoms with E-state index in [1.807, 2.05) is 280 Å². The summed E-state index contributed by atoms with van der Waals surface area (Å²) in [7, 11) is 0. The van der Waals surface area contributed by atoms with Gasteiger partial charge in [0.2, 0.25) is 0 Å². The second kappa shape index (κ2) is 160. The van der Waals surface area contributed by atoms with Gasteiger partial charge < -0.3 is 0 Å². The monoisotopic (exact) mass is 1550 g/mol. The van der Waals surface area contributed by atoms with Crippen molar-refractivity contribution < 1.29 is 0 Å². The number of hydrogen-bond donors (Lipinski definition) is 0. The summed E-state index contributed by atoms with van der Waals surface area (Å²) in [6.07, 6.45) is 41.3.